The van der Waals surface area contributed by atoms with Gasteiger partial charge in [-0.1, -0.05) is 103 Å². The Balaban J connectivity index is 1.64. The minimum atomic E-state index is -0.0528. The van der Waals surface area contributed by atoms with Crippen LogP contribution in [0.1, 0.15) is 29.0 Å². The van der Waals surface area contributed by atoms with E-state index in [2.05, 4.69) is 110 Å². The summed E-state index contributed by atoms with van der Waals surface area (Å²) in [5, 5.41) is 2.86. The monoisotopic (exact) mass is 383 g/mol. The van der Waals surface area contributed by atoms with Crippen LogP contribution in [0.5, 0.6) is 0 Å². The molecular formula is C30H23. The quantitative estimate of drug-likeness (QED) is 0.584. The highest BCUT2D eigenvalue weighted by molar-refractivity contribution is 5.82. The largest absolute Gasteiger partial charge is 0.0757 e. The van der Waals surface area contributed by atoms with Crippen LogP contribution in [0, 0.1) is 23.7 Å². The Bertz CT molecular complexity index is 1390. The van der Waals surface area contributed by atoms with Crippen molar-refractivity contribution in [3.05, 3.63) is 131 Å². The molecule has 5 aliphatic rings. The summed E-state index contributed by atoms with van der Waals surface area (Å²) in [5.41, 5.74) is 6.88. The summed E-state index contributed by atoms with van der Waals surface area (Å²) in [6.45, 7) is 4.25. The predicted octanol–water partition coefficient (Wildman–Crippen LogP) is 5.24. The molecule has 0 bridgehead atoms. The van der Waals surface area contributed by atoms with E-state index >= 15 is 0 Å². The van der Waals surface area contributed by atoms with Crippen LogP contribution in [-0.4, -0.2) is 0 Å². The van der Waals surface area contributed by atoms with E-state index in [4.69, 9.17) is 0 Å². The topological polar surface area (TPSA) is 0 Å². The first-order valence-electron chi connectivity index (χ1n) is 10.9. The average Bonchev–Trinajstić information content (AvgIpc) is 3.12. The second-order valence-corrected chi connectivity index (χ2v) is 9.27. The molecule has 143 valence electrons. The second-order valence-electron chi connectivity index (χ2n) is 9.27. The zero-order valence-corrected chi connectivity index (χ0v) is 16.9. The Morgan fingerprint density at radius 2 is 1.70 bits per heavy atom. The van der Waals surface area contributed by atoms with Crippen molar-refractivity contribution in [3.8, 4) is 0 Å². The van der Waals surface area contributed by atoms with Crippen LogP contribution in [0.25, 0.3) is 17.2 Å². The van der Waals surface area contributed by atoms with Gasteiger partial charge < -0.3 is 0 Å². The fourth-order valence-corrected chi connectivity index (χ4v) is 7.08. The average molecular weight is 384 g/mol. The van der Waals surface area contributed by atoms with Crippen molar-refractivity contribution in [2.24, 2.45) is 16.7 Å². The normalized spacial score (nSPS) is 33.5. The van der Waals surface area contributed by atoms with Crippen molar-refractivity contribution in [3.63, 3.8) is 0 Å². The van der Waals surface area contributed by atoms with E-state index in [1.807, 2.05) is 0 Å². The zero-order valence-electron chi connectivity index (χ0n) is 16.9. The molecule has 5 aliphatic carbocycles. The summed E-state index contributed by atoms with van der Waals surface area (Å²) in [6.07, 6.45) is 24.8. The molecule has 0 amide bonds. The maximum absolute atomic E-state index is 4.25. The fraction of sp³-hybridized carbons (Fsp3) is 0.167. The molecule has 0 saturated heterocycles. The molecule has 2 spiro atoms. The molecular weight excluding hydrogens is 360 g/mol. The third-order valence-corrected chi connectivity index (χ3v) is 8.19. The van der Waals surface area contributed by atoms with Crippen molar-refractivity contribution < 1.29 is 0 Å². The summed E-state index contributed by atoms with van der Waals surface area (Å²) in [5.74, 6) is 0.787. The molecule has 0 heteroatoms. The van der Waals surface area contributed by atoms with Gasteiger partial charge in [0.05, 0.1) is 0 Å². The number of hydrogen-bond donors (Lipinski definition) is 0. The van der Waals surface area contributed by atoms with Crippen molar-refractivity contribution in [1.82, 2.24) is 0 Å². The van der Waals surface area contributed by atoms with Gasteiger partial charge in [-0.25, -0.2) is 0 Å². The Morgan fingerprint density at radius 1 is 0.833 bits per heavy atom. The lowest BCUT2D eigenvalue weighted by atomic mass is 9.49. The van der Waals surface area contributed by atoms with Gasteiger partial charge in [-0.3, -0.25) is 0 Å². The van der Waals surface area contributed by atoms with Crippen LogP contribution in [0.4, 0.5) is 0 Å². The van der Waals surface area contributed by atoms with Gasteiger partial charge in [-0.05, 0) is 51.6 Å². The molecule has 4 atom stereocenters. The molecule has 0 aromatic heterocycles. The molecule has 30 heavy (non-hydrogen) atoms. The Hall–Kier alpha value is -3.12. The van der Waals surface area contributed by atoms with E-state index < -0.39 is 0 Å². The van der Waals surface area contributed by atoms with Crippen LogP contribution in [0.15, 0.2) is 97.1 Å². The molecule has 2 aromatic carbocycles. The maximum Gasteiger partial charge on any atom is 0.0339 e. The van der Waals surface area contributed by atoms with Crippen LogP contribution < -0.4 is 10.4 Å². The molecule has 7 rings (SSSR count). The molecule has 2 aromatic rings. The summed E-state index contributed by atoms with van der Waals surface area (Å²) in [7, 11) is 0. The maximum atomic E-state index is 4.25. The number of hydrogen-bond acceptors (Lipinski definition) is 0. The highest BCUT2D eigenvalue weighted by Crippen LogP contribution is 2.72. The Kier molecular flexibility index (Phi) is 3.06. The lowest BCUT2D eigenvalue weighted by Gasteiger charge is -2.52. The van der Waals surface area contributed by atoms with E-state index in [0.29, 0.717) is 11.8 Å². The molecule has 1 fully saturated rings. The van der Waals surface area contributed by atoms with Gasteiger partial charge in [0.1, 0.15) is 0 Å². The number of fused-ring (bicyclic) bond motifs is 4. The summed E-state index contributed by atoms with van der Waals surface area (Å²) < 4.78 is 0. The molecule has 4 unspecified atom stereocenters. The van der Waals surface area contributed by atoms with Crippen LogP contribution in [-0.2, 0) is 0 Å². The van der Waals surface area contributed by atoms with Crippen LogP contribution in [0.3, 0.4) is 0 Å². The number of rotatable bonds is 0. The standard InChI is InChI=1S/C30H23/c1-20-12-13-21-14-17-29-15-6-7-16-30(29)26-11-5-4-9-23(26)22-8-2-3-10-24(22)28(30)19-27(29)25(21)18-20/h2-18,26-27H,1,19H2. The number of benzene rings is 2. The first-order valence-corrected chi connectivity index (χ1v) is 10.9. The minimum Gasteiger partial charge on any atom is -0.0757 e. The van der Waals surface area contributed by atoms with E-state index in [1.165, 1.54) is 27.1 Å². The third-order valence-electron chi connectivity index (χ3n) is 8.19. The van der Waals surface area contributed by atoms with Crippen LogP contribution in [0.2, 0.25) is 0 Å². The Morgan fingerprint density at radius 3 is 2.63 bits per heavy atom. The van der Waals surface area contributed by atoms with Crippen molar-refractivity contribution >= 4 is 17.2 Å². The van der Waals surface area contributed by atoms with E-state index in [9.17, 15) is 0 Å². The van der Waals surface area contributed by atoms with E-state index in [0.717, 1.165) is 12.0 Å². The molecule has 0 aliphatic heterocycles. The van der Waals surface area contributed by atoms with Gasteiger partial charge in [-0.15, -0.1) is 0 Å². The Labute approximate surface area is 177 Å². The predicted molar refractivity (Wildman–Crippen MR) is 125 cm³/mol. The van der Waals surface area contributed by atoms with Crippen LogP contribution >= 0.6 is 0 Å². The van der Waals surface area contributed by atoms with E-state index in [-0.39, 0.29) is 10.8 Å². The molecule has 1 saturated carbocycles. The van der Waals surface area contributed by atoms with Gasteiger partial charge in [0.25, 0.3) is 0 Å². The third kappa shape index (κ3) is 1.76. The smallest absolute Gasteiger partial charge is 0.0339 e. The molecule has 0 N–H and O–H groups in total. The molecule has 0 nitrogen and oxygen atoms in total. The van der Waals surface area contributed by atoms with Gasteiger partial charge in [0.2, 0.25) is 0 Å². The first-order chi connectivity index (χ1) is 14.7. The summed E-state index contributed by atoms with van der Waals surface area (Å²) in [4.78, 5) is 0. The highest BCUT2D eigenvalue weighted by atomic mass is 14.7. The van der Waals surface area contributed by atoms with Gasteiger partial charge in [0.15, 0.2) is 0 Å². The van der Waals surface area contributed by atoms with Crippen molar-refractivity contribution in [1.29, 1.82) is 0 Å². The lowest BCUT2D eigenvalue weighted by Crippen LogP contribution is -2.51. The SMILES string of the molecule is [CH2]c1ccc2c(c1)C1CC3=c4ccccc4=C4C=CC=CC4C34C=CC=CC14C=C2. The summed E-state index contributed by atoms with van der Waals surface area (Å²) in [6, 6.07) is 15.8. The fourth-order valence-electron chi connectivity index (χ4n) is 7.08. The highest BCUT2D eigenvalue weighted by Gasteiger charge is 2.64. The van der Waals surface area contributed by atoms with Gasteiger partial charge in [0, 0.05) is 22.7 Å². The molecule has 0 heterocycles. The van der Waals surface area contributed by atoms with Gasteiger partial charge in [-0.2, -0.15) is 0 Å². The van der Waals surface area contributed by atoms with Crippen molar-refractivity contribution in [2.75, 3.05) is 0 Å². The lowest BCUT2D eigenvalue weighted by molar-refractivity contribution is 0.231. The van der Waals surface area contributed by atoms with Crippen molar-refractivity contribution in [2.45, 2.75) is 12.3 Å². The summed E-state index contributed by atoms with van der Waals surface area (Å²) >= 11 is 0. The number of allylic oxidation sites excluding steroid dienone is 9. The minimum absolute atomic E-state index is 0.0448. The van der Waals surface area contributed by atoms with Gasteiger partial charge >= 0.3 is 0 Å². The van der Waals surface area contributed by atoms with E-state index in [1.54, 1.807) is 5.57 Å². The second kappa shape index (κ2) is 5.52. The zero-order chi connectivity index (χ0) is 19.9. The first kappa shape index (κ1) is 16.7. The molecule has 1 radical (unpaired) electrons.